The Kier molecular flexibility index (Phi) is 3.65. The third-order valence-corrected chi connectivity index (χ3v) is 3.68. The molecule has 1 aromatic carbocycles. The van der Waals surface area contributed by atoms with Crippen molar-refractivity contribution in [2.24, 2.45) is 0 Å². The lowest BCUT2D eigenvalue weighted by Crippen LogP contribution is -2.10. The maximum Gasteiger partial charge on any atom is 0.00207 e. The van der Waals surface area contributed by atoms with Gasteiger partial charge in [-0.05, 0) is 47.9 Å². The highest BCUT2D eigenvalue weighted by Gasteiger charge is 2.20. The lowest BCUT2D eigenvalue weighted by Gasteiger charge is -2.18. The minimum Gasteiger partial charge on any atom is -0.316 e. The van der Waals surface area contributed by atoms with Crippen LogP contribution >= 0.6 is 0 Å². The van der Waals surface area contributed by atoms with Crippen molar-refractivity contribution >= 4 is 0 Å². The summed E-state index contributed by atoms with van der Waals surface area (Å²) in [6.07, 6.45) is 2.44. The highest BCUT2D eigenvalue weighted by atomic mass is 14.9. The van der Waals surface area contributed by atoms with Crippen molar-refractivity contribution in [3.8, 4) is 0 Å². The smallest absolute Gasteiger partial charge is 0.00207 e. The second-order valence-corrected chi connectivity index (χ2v) is 5.16. The van der Waals surface area contributed by atoms with E-state index < -0.39 is 0 Å². The summed E-state index contributed by atoms with van der Waals surface area (Å²) in [4.78, 5) is 0. The fraction of sp³-hybridized carbons (Fsp3) is 0.600. The molecule has 1 aromatic rings. The first-order valence-corrected chi connectivity index (χ1v) is 6.55. The van der Waals surface area contributed by atoms with Gasteiger partial charge in [-0.1, -0.05) is 39.0 Å². The molecule has 1 unspecified atom stereocenters. The highest BCUT2D eigenvalue weighted by molar-refractivity contribution is 5.37. The molecule has 1 saturated heterocycles. The number of hydrogen-bond donors (Lipinski definition) is 1. The minimum absolute atomic E-state index is 0.640. The molecule has 16 heavy (non-hydrogen) atoms. The van der Waals surface area contributed by atoms with Crippen LogP contribution < -0.4 is 5.32 Å². The lowest BCUT2D eigenvalue weighted by molar-refractivity contribution is 0.729. The molecule has 1 heterocycles. The second kappa shape index (κ2) is 5.01. The van der Waals surface area contributed by atoms with Crippen LogP contribution in [0.2, 0.25) is 0 Å². The number of benzene rings is 1. The summed E-state index contributed by atoms with van der Waals surface area (Å²) in [7, 11) is 0. The quantitative estimate of drug-likeness (QED) is 0.817. The third-order valence-electron chi connectivity index (χ3n) is 3.68. The number of rotatable bonds is 3. The van der Waals surface area contributed by atoms with Gasteiger partial charge in [-0.3, -0.25) is 0 Å². The van der Waals surface area contributed by atoms with Crippen LogP contribution in [0, 0.1) is 0 Å². The highest BCUT2D eigenvalue weighted by Crippen LogP contribution is 2.31. The fourth-order valence-corrected chi connectivity index (χ4v) is 2.64. The first-order valence-electron chi connectivity index (χ1n) is 6.55. The van der Waals surface area contributed by atoms with E-state index in [1.165, 1.54) is 18.5 Å². The Balaban J connectivity index is 2.37. The summed E-state index contributed by atoms with van der Waals surface area (Å²) >= 11 is 0. The van der Waals surface area contributed by atoms with E-state index in [0.717, 1.165) is 18.9 Å². The van der Waals surface area contributed by atoms with E-state index in [1.807, 2.05) is 0 Å². The maximum absolute atomic E-state index is 3.47. The van der Waals surface area contributed by atoms with Crippen LogP contribution in [0.25, 0.3) is 0 Å². The van der Waals surface area contributed by atoms with Crippen LogP contribution in [0.5, 0.6) is 0 Å². The molecular formula is C15H23N. The van der Waals surface area contributed by atoms with Crippen molar-refractivity contribution in [3.63, 3.8) is 0 Å². The molecule has 0 aliphatic carbocycles. The molecule has 1 heteroatoms. The zero-order chi connectivity index (χ0) is 11.5. The number of aryl methyl sites for hydroxylation is 1. The van der Waals surface area contributed by atoms with Gasteiger partial charge >= 0.3 is 0 Å². The molecule has 0 aromatic heterocycles. The SMILES string of the molecule is CCc1ccc(C(C)C)c(C2CCNC2)c1. The third kappa shape index (κ3) is 2.30. The normalized spacial score (nSPS) is 20.6. The Morgan fingerprint density at radius 1 is 1.38 bits per heavy atom. The molecule has 2 rings (SSSR count). The maximum atomic E-state index is 3.47. The Labute approximate surface area is 99.3 Å². The van der Waals surface area contributed by atoms with Crippen molar-refractivity contribution < 1.29 is 0 Å². The van der Waals surface area contributed by atoms with E-state index in [9.17, 15) is 0 Å². The Hall–Kier alpha value is -0.820. The molecule has 1 atom stereocenters. The van der Waals surface area contributed by atoms with Crippen molar-refractivity contribution in [2.75, 3.05) is 13.1 Å². The van der Waals surface area contributed by atoms with Gasteiger partial charge in [0.15, 0.2) is 0 Å². The average molecular weight is 217 g/mol. The minimum atomic E-state index is 0.640. The van der Waals surface area contributed by atoms with Crippen molar-refractivity contribution in [1.29, 1.82) is 0 Å². The fourth-order valence-electron chi connectivity index (χ4n) is 2.64. The summed E-state index contributed by atoms with van der Waals surface area (Å²) in [5.41, 5.74) is 4.62. The van der Waals surface area contributed by atoms with Crippen molar-refractivity contribution in [2.45, 2.75) is 45.4 Å². The van der Waals surface area contributed by atoms with Crippen LogP contribution in [0.1, 0.15) is 55.7 Å². The van der Waals surface area contributed by atoms with Gasteiger partial charge in [0.1, 0.15) is 0 Å². The zero-order valence-corrected chi connectivity index (χ0v) is 10.7. The average Bonchev–Trinajstić information content (AvgIpc) is 2.81. The standard InChI is InChI=1S/C15H23N/c1-4-12-5-6-14(11(2)3)15(9-12)13-7-8-16-10-13/h5-6,9,11,13,16H,4,7-8,10H2,1-3H3. The lowest BCUT2D eigenvalue weighted by atomic mass is 9.87. The number of nitrogens with one attached hydrogen (secondary N) is 1. The van der Waals surface area contributed by atoms with Gasteiger partial charge in [0, 0.05) is 6.54 Å². The zero-order valence-electron chi connectivity index (χ0n) is 10.7. The van der Waals surface area contributed by atoms with E-state index in [0.29, 0.717) is 5.92 Å². The summed E-state index contributed by atoms with van der Waals surface area (Å²) in [5.74, 6) is 1.38. The second-order valence-electron chi connectivity index (χ2n) is 5.16. The molecule has 1 aliphatic heterocycles. The number of hydrogen-bond acceptors (Lipinski definition) is 1. The monoisotopic (exact) mass is 217 g/mol. The summed E-state index contributed by atoms with van der Waals surface area (Å²) in [6, 6.07) is 7.07. The first kappa shape index (κ1) is 11.7. The van der Waals surface area contributed by atoms with Crippen LogP contribution in [0.3, 0.4) is 0 Å². The van der Waals surface area contributed by atoms with Crippen LogP contribution in [-0.4, -0.2) is 13.1 Å². The van der Waals surface area contributed by atoms with Crippen LogP contribution in [0.4, 0.5) is 0 Å². The van der Waals surface area contributed by atoms with Crippen LogP contribution in [0.15, 0.2) is 18.2 Å². The molecule has 1 aliphatic rings. The summed E-state index contributed by atoms with van der Waals surface area (Å²) in [5, 5.41) is 3.47. The molecule has 0 radical (unpaired) electrons. The Morgan fingerprint density at radius 3 is 2.75 bits per heavy atom. The largest absolute Gasteiger partial charge is 0.316 e. The Bertz CT molecular complexity index is 348. The van der Waals surface area contributed by atoms with Crippen molar-refractivity contribution in [1.82, 2.24) is 5.32 Å². The summed E-state index contributed by atoms with van der Waals surface area (Å²) in [6.45, 7) is 9.17. The molecule has 88 valence electrons. The molecule has 0 amide bonds. The van der Waals surface area contributed by atoms with Gasteiger partial charge in [-0.15, -0.1) is 0 Å². The van der Waals surface area contributed by atoms with Gasteiger partial charge < -0.3 is 5.32 Å². The Morgan fingerprint density at radius 2 is 2.19 bits per heavy atom. The van der Waals surface area contributed by atoms with E-state index in [-0.39, 0.29) is 0 Å². The summed E-state index contributed by atoms with van der Waals surface area (Å²) < 4.78 is 0. The van der Waals surface area contributed by atoms with E-state index in [1.54, 1.807) is 11.1 Å². The van der Waals surface area contributed by atoms with E-state index >= 15 is 0 Å². The van der Waals surface area contributed by atoms with E-state index in [4.69, 9.17) is 0 Å². The molecule has 1 N–H and O–H groups in total. The topological polar surface area (TPSA) is 12.0 Å². The van der Waals surface area contributed by atoms with E-state index in [2.05, 4.69) is 44.3 Å². The molecule has 1 fully saturated rings. The predicted octanol–water partition coefficient (Wildman–Crippen LogP) is 3.45. The molecule has 0 bridgehead atoms. The molecule has 0 saturated carbocycles. The predicted molar refractivity (Wildman–Crippen MR) is 70.1 cm³/mol. The molecular weight excluding hydrogens is 194 g/mol. The van der Waals surface area contributed by atoms with Gasteiger partial charge in [0.05, 0.1) is 0 Å². The molecule has 0 spiro atoms. The van der Waals surface area contributed by atoms with Gasteiger partial charge in [-0.2, -0.15) is 0 Å². The molecule has 1 nitrogen and oxygen atoms in total. The van der Waals surface area contributed by atoms with Crippen LogP contribution in [-0.2, 0) is 6.42 Å². The van der Waals surface area contributed by atoms with Gasteiger partial charge in [-0.25, -0.2) is 0 Å². The van der Waals surface area contributed by atoms with Gasteiger partial charge in [0.2, 0.25) is 0 Å². The van der Waals surface area contributed by atoms with Gasteiger partial charge in [0.25, 0.3) is 0 Å². The first-order chi connectivity index (χ1) is 7.72. The van der Waals surface area contributed by atoms with Crippen molar-refractivity contribution in [3.05, 3.63) is 34.9 Å².